The lowest BCUT2D eigenvalue weighted by atomic mass is 10.3. The summed E-state index contributed by atoms with van der Waals surface area (Å²) >= 11 is 0. The zero-order chi connectivity index (χ0) is 14.1. The molecule has 0 unspecified atom stereocenters. The Morgan fingerprint density at radius 1 is 1.06 bits per heavy atom. The quantitative estimate of drug-likeness (QED) is 0.509. The first-order valence-electron chi connectivity index (χ1n) is 5.34. The van der Waals surface area contributed by atoms with Crippen molar-refractivity contribution in [1.29, 1.82) is 0 Å². The molecule has 3 N–H and O–H groups in total. The molecule has 8 heteroatoms. The van der Waals surface area contributed by atoms with Crippen molar-refractivity contribution in [3.05, 3.63) is 0 Å². The van der Waals surface area contributed by atoms with Crippen molar-refractivity contribution in [2.24, 2.45) is 0 Å². The van der Waals surface area contributed by atoms with E-state index in [0.717, 1.165) is 0 Å². The first-order valence-corrected chi connectivity index (χ1v) is 5.34. The van der Waals surface area contributed by atoms with E-state index in [1.165, 1.54) is 0 Å². The molecule has 0 aliphatic rings. The van der Waals surface area contributed by atoms with Gasteiger partial charge in [0.25, 0.3) is 0 Å². The van der Waals surface area contributed by atoms with Gasteiger partial charge in [0, 0.05) is 19.4 Å². The van der Waals surface area contributed by atoms with E-state index in [-0.39, 0.29) is 25.3 Å². The summed E-state index contributed by atoms with van der Waals surface area (Å²) in [5, 5.41) is 19.5. The van der Waals surface area contributed by atoms with Crippen molar-refractivity contribution in [3.8, 4) is 0 Å². The highest BCUT2D eigenvalue weighted by atomic mass is 16.4. The highest BCUT2D eigenvalue weighted by Gasteiger charge is 2.19. The predicted octanol–water partition coefficient (Wildman–Crippen LogP) is -1.10. The van der Waals surface area contributed by atoms with Gasteiger partial charge in [0.15, 0.2) is 0 Å². The van der Waals surface area contributed by atoms with Crippen molar-refractivity contribution >= 4 is 23.8 Å². The van der Waals surface area contributed by atoms with Gasteiger partial charge in [-0.25, -0.2) is 0 Å². The first-order chi connectivity index (χ1) is 8.36. The molecular formula is C10H16N2O6. The van der Waals surface area contributed by atoms with Gasteiger partial charge in [0.2, 0.25) is 11.8 Å². The Morgan fingerprint density at radius 2 is 1.56 bits per heavy atom. The second kappa shape index (κ2) is 8.04. The summed E-state index contributed by atoms with van der Waals surface area (Å²) in [6.45, 7) is 0.360. The smallest absolute Gasteiger partial charge is 0.323 e. The third kappa shape index (κ3) is 7.20. The van der Waals surface area contributed by atoms with E-state index < -0.39 is 30.9 Å². The van der Waals surface area contributed by atoms with Gasteiger partial charge in [0.1, 0.15) is 13.1 Å². The molecule has 0 fully saturated rings. The normalized spacial score (nSPS) is 9.61. The number of aliphatic carboxylic acids is 2. The Bertz CT molecular complexity index is 325. The van der Waals surface area contributed by atoms with Gasteiger partial charge in [-0.2, -0.15) is 0 Å². The molecule has 0 aromatic rings. The molecule has 2 amide bonds. The van der Waals surface area contributed by atoms with Crippen LogP contribution in [-0.2, 0) is 19.2 Å². The predicted molar refractivity (Wildman–Crippen MR) is 59.8 cm³/mol. The summed E-state index contributed by atoms with van der Waals surface area (Å²) in [5.41, 5.74) is 0. The summed E-state index contributed by atoms with van der Waals surface area (Å²) in [7, 11) is 0. The molecule has 0 saturated heterocycles. The van der Waals surface area contributed by atoms with E-state index in [0.29, 0.717) is 4.90 Å². The fourth-order valence-corrected chi connectivity index (χ4v) is 1.15. The number of nitrogens with zero attached hydrogens (tertiary/aromatic N) is 1. The number of amides is 2. The molecule has 0 bridgehead atoms. The Morgan fingerprint density at radius 3 is 1.94 bits per heavy atom. The average Bonchev–Trinajstić information content (AvgIpc) is 2.26. The second-order valence-corrected chi connectivity index (χ2v) is 3.49. The largest absolute Gasteiger partial charge is 0.480 e. The molecular weight excluding hydrogens is 244 g/mol. The summed E-state index contributed by atoms with van der Waals surface area (Å²) in [6.07, 6.45) is 0.147. The minimum Gasteiger partial charge on any atom is -0.480 e. The van der Waals surface area contributed by atoms with Gasteiger partial charge in [-0.1, -0.05) is 6.92 Å². The monoisotopic (exact) mass is 260 g/mol. The SMILES string of the molecule is CCC(=O)NCCC(=O)N(CC(=O)O)CC(=O)O. The van der Waals surface area contributed by atoms with Crippen LogP contribution in [0.25, 0.3) is 0 Å². The van der Waals surface area contributed by atoms with Crippen LogP contribution >= 0.6 is 0 Å². The number of carboxylic acids is 2. The number of carbonyl (C=O) groups excluding carboxylic acids is 2. The maximum Gasteiger partial charge on any atom is 0.323 e. The molecule has 0 radical (unpaired) electrons. The minimum absolute atomic E-state index is 0.0568. The highest BCUT2D eigenvalue weighted by Crippen LogP contribution is 1.94. The standard InChI is InChI=1S/C10H16N2O6/c1-2-7(13)11-4-3-8(14)12(5-9(15)16)6-10(17)18/h2-6H2,1H3,(H,11,13)(H,15,16)(H,17,18). The van der Waals surface area contributed by atoms with Crippen molar-refractivity contribution in [1.82, 2.24) is 10.2 Å². The van der Waals surface area contributed by atoms with Crippen LogP contribution < -0.4 is 5.32 Å². The number of nitrogens with one attached hydrogen (secondary N) is 1. The van der Waals surface area contributed by atoms with Crippen molar-refractivity contribution in [3.63, 3.8) is 0 Å². The van der Waals surface area contributed by atoms with Gasteiger partial charge in [0.05, 0.1) is 0 Å². The molecule has 8 nitrogen and oxygen atoms in total. The fraction of sp³-hybridized carbons (Fsp3) is 0.600. The molecule has 102 valence electrons. The average molecular weight is 260 g/mol. The zero-order valence-electron chi connectivity index (χ0n) is 10.0. The topological polar surface area (TPSA) is 124 Å². The Kier molecular flexibility index (Phi) is 7.10. The number of carboxylic acid groups (broad SMARTS) is 2. The number of hydrogen-bond acceptors (Lipinski definition) is 4. The Labute approximate surface area is 104 Å². The maximum absolute atomic E-state index is 11.5. The molecule has 0 rings (SSSR count). The van der Waals surface area contributed by atoms with E-state index in [4.69, 9.17) is 10.2 Å². The summed E-state index contributed by atoms with van der Waals surface area (Å²) in [4.78, 5) is 44.1. The van der Waals surface area contributed by atoms with E-state index in [2.05, 4.69) is 5.32 Å². The number of hydrogen-bond donors (Lipinski definition) is 3. The molecule has 0 spiro atoms. The Hall–Kier alpha value is -2.12. The van der Waals surface area contributed by atoms with Gasteiger partial charge in [-0.3, -0.25) is 19.2 Å². The van der Waals surface area contributed by atoms with Crippen LogP contribution in [0, 0.1) is 0 Å². The maximum atomic E-state index is 11.5. The lowest BCUT2D eigenvalue weighted by Crippen LogP contribution is -2.40. The fourth-order valence-electron chi connectivity index (χ4n) is 1.15. The highest BCUT2D eigenvalue weighted by molar-refractivity contribution is 5.85. The summed E-state index contributed by atoms with van der Waals surface area (Å²) in [5.74, 6) is -3.44. The lowest BCUT2D eigenvalue weighted by molar-refractivity contribution is -0.149. The van der Waals surface area contributed by atoms with Crippen molar-refractivity contribution < 1.29 is 29.4 Å². The van der Waals surface area contributed by atoms with E-state index in [1.54, 1.807) is 6.92 Å². The summed E-state index contributed by atoms with van der Waals surface area (Å²) < 4.78 is 0. The number of carbonyl (C=O) groups is 4. The molecule has 0 atom stereocenters. The first kappa shape index (κ1) is 15.9. The second-order valence-electron chi connectivity index (χ2n) is 3.49. The van der Waals surface area contributed by atoms with Gasteiger partial charge < -0.3 is 20.4 Å². The van der Waals surface area contributed by atoms with Gasteiger partial charge in [-0.15, -0.1) is 0 Å². The van der Waals surface area contributed by atoms with Crippen LogP contribution in [-0.4, -0.2) is 58.5 Å². The van der Waals surface area contributed by atoms with Crippen LogP contribution in [0.15, 0.2) is 0 Å². The number of rotatable bonds is 8. The summed E-state index contributed by atoms with van der Waals surface area (Å²) in [6, 6.07) is 0. The van der Waals surface area contributed by atoms with E-state index >= 15 is 0 Å². The molecule has 0 aromatic heterocycles. The van der Waals surface area contributed by atoms with Crippen LogP contribution in [0.1, 0.15) is 19.8 Å². The third-order valence-electron chi connectivity index (χ3n) is 1.99. The third-order valence-corrected chi connectivity index (χ3v) is 1.99. The van der Waals surface area contributed by atoms with Crippen molar-refractivity contribution in [2.45, 2.75) is 19.8 Å². The van der Waals surface area contributed by atoms with Gasteiger partial charge in [-0.05, 0) is 0 Å². The van der Waals surface area contributed by atoms with Crippen LogP contribution in [0.2, 0.25) is 0 Å². The molecule has 0 aliphatic heterocycles. The molecule has 0 aliphatic carbocycles. The lowest BCUT2D eigenvalue weighted by Gasteiger charge is -2.18. The van der Waals surface area contributed by atoms with E-state index in [1.807, 2.05) is 0 Å². The molecule has 0 heterocycles. The van der Waals surface area contributed by atoms with Crippen LogP contribution in [0.3, 0.4) is 0 Å². The molecule has 18 heavy (non-hydrogen) atoms. The minimum atomic E-state index is -1.29. The zero-order valence-corrected chi connectivity index (χ0v) is 10.0. The van der Waals surface area contributed by atoms with Crippen LogP contribution in [0.5, 0.6) is 0 Å². The Balaban J connectivity index is 4.24. The van der Waals surface area contributed by atoms with Gasteiger partial charge >= 0.3 is 11.9 Å². The molecule has 0 saturated carbocycles. The molecule has 0 aromatic carbocycles. The van der Waals surface area contributed by atoms with Crippen LogP contribution in [0.4, 0.5) is 0 Å². The van der Waals surface area contributed by atoms with Crippen molar-refractivity contribution in [2.75, 3.05) is 19.6 Å². The van der Waals surface area contributed by atoms with E-state index in [9.17, 15) is 19.2 Å².